The van der Waals surface area contributed by atoms with Gasteiger partial charge < -0.3 is 9.67 Å². The maximum absolute atomic E-state index is 9.16. The summed E-state index contributed by atoms with van der Waals surface area (Å²) in [5.74, 6) is 0.216. The molecule has 62 valence electrons. The number of aromatic hydroxyl groups is 1. The molecule has 0 fully saturated rings. The average molecular weight is 162 g/mol. The summed E-state index contributed by atoms with van der Waals surface area (Å²) in [6, 6.07) is 3.72. The highest BCUT2D eigenvalue weighted by Gasteiger charge is 2.02. The van der Waals surface area contributed by atoms with Gasteiger partial charge in [0.15, 0.2) is 0 Å². The molecule has 0 bridgehead atoms. The van der Waals surface area contributed by atoms with Crippen molar-refractivity contribution in [3.05, 3.63) is 24.0 Å². The van der Waals surface area contributed by atoms with Crippen molar-refractivity contribution in [3.8, 4) is 5.75 Å². The van der Waals surface area contributed by atoms with Crippen LogP contribution in [0.3, 0.4) is 0 Å². The third-order valence-electron chi connectivity index (χ3n) is 2.09. The molecular formula is C9H10N2O. The summed E-state index contributed by atoms with van der Waals surface area (Å²) in [5, 5.41) is 10.1. The van der Waals surface area contributed by atoms with Gasteiger partial charge in [0.1, 0.15) is 11.4 Å². The first-order chi connectivity index (χ1) is 5.68. The molecular weight excluding hydrogens is 152 g/mol. The van der Waals surface area contributed by atoms with Crippen LogP contribution in [0.4, 0.5) is 0 Å². The molecule has 0 radical (unpaired) electrons. The second-order valence-electron chi connectivity index (χ2n) is 2.95. The maximum atomic E-state index is 9.16. The highest BCUT2D eigenvalue weighted by molar-refractivity contribution is 5.78. The molecule has 2 aromatic rings. The van der Waals surface area contributed by atoms with Crippen LogP contribution in [0.15, 0.2) is 18.3 Å². The van der Waals surface area contributed by atoms with Crippen molar-refractivity contribution in [2.24, 2.45) is 7.05 Å². The Hall–Kier alpha value is -1.51. The summed E-state index contributed by atoms with van der Waals surface area (Å²) in [6.07, 6.45) is 1.46. The van der Waals surface area contributed by atoms with Crippen LogP contribution in [-0.2, 0) is 7.05 Å². The molecule has 0 amide bonds. The van der Waals surface area contributed by atoms with Crippen LogP contribution in [0.5, 0.6) is 5.75 Å². The second kappa shape index (κ2) is 2.24. The van der Waals surface area contributed by atoms with E-state index >= 15 is 0 Å². The molecule has 0 aliphatic heterocycles. The first-order valence-corrected chi connectivity index (χ1v) is 3.79. The summed E-state index contributed by atoms with van der Waals surface area (Å²) in [6.45, 7) is 2.01. The molecule has 0 atom stereocenters. The van der Waals surface area contributed by atoms with E-state index < -0.39 is 0 Å². The molecule has 0 saturated carbocycles. The van der Waals surface area contributed by atoms with Gasteiger partial charge in [-0.05, 0) is 19.1 Å². The lowest BCUT2D eigenvalue weighted by Gasteiger charge is -1.96. The Labute approximate surface area is 70.3 Å². The van der Waals surface area contributed by atoms with Gasteiger partial charge in [-0.15, -0.1) is 0 Å². The summed E-state index contributed by atoms with van der Waals surface area (Å²) in [5.41, 5.74) is 2.05. The van der Waals surface area contributed by atoms with Crippen LogP contribution in [-0.4, -0.2) is 14.7 Å². The predicted molar refractivity (Wildman–Crippen MR) is 47.1 cm³/mol. The number of pyridine rings is 1. The molecule has 0 aromatic carbocycles. The summed E-state index contributed by atoms with van der Waals surface area (Å²) >= 11 is 0. The minimum absolute atomic E-state index is 0.216. The number of rotatable bonds is 0. The third-order valence-corrected chi connectivity index (χ3v) is 2.09. The molecule has 1 N–H and O–H groups in total. The summed E-state index contributed by atoms with van der Waals surface area (Å²) in [7, 11) is 1.96. The van der Waals surface area contributed by atoms with E-state index in [1.54, 1.807) is 6.07 Å². The fourth-order valence-electron chi connectivity index (χ4n) is 1.34. The van der Waals surface area contributed by atoms with Gasteiger partial charge in [-0.3, -0.25) is 0 Å². The molecule has 0 aliphatic carbocycles. The maximum Gasteiger partial charge on any atom is 0.140 e. The summed E-state index contributed by atoms with van der Waals surface area (Å²) in [4.78, 5) is 4.11. The Morgan fingerprint density at radius 2 is 2.17 bits per heavy atom. The number of fused-ring (bicyclic) bond motifs is 1. The molecule has 3 nitrogen and oxygen atoms in total. The fourth-order valence-corrected chi connectivity index (χ4v) is 1.34. The normalized spacial score (nSPS) is 10.8. The lowest BCUT2D eigenvalue weighted by atomic mass is 10.3. The molecule has 2 aromatic heterocycles. The van der Waals surface area contributed by atoms with E-state index in [9.17, 15) is 0 Å². The first kappa shape index (κ1) is 7.16. The van der Waals surface area contributed by atoms with Gasteiger partial charge in [0.2, 0.25) is 0 Å². The van der Waals surface area contributed by atoms with Crippen molar-refractivity contribution in [3.63, 3.8) is 0 Å². The largest absolute Gasteiger partial charge is 0.506 e. The van der Waals surface area contributed by atoms with Crippen molar-refractivity contribution in [2.75, 3.05) is 0 Å². The highest BCUT2D eigenvalue weighted by atomic mass is 16.3. The third kappa shape index (κ3) is 0.863. The van der Waals surface area contributed by atoms with Gasteiger partial charge in [0.05, 0.1) is 6.20 Å². The molecule has 3 heteroatoms. The molecule has 0 aliphatic rings. The van der Waals surface area contributed by atoms with E-state index in [4.69, 9.17) is 5.11 Å². The molecule has 2 rings (SSSR count). The number of hydrogen-bond donors (Lipinski definition) is 1. The monoisotopic (exact) mass is 162 g/mol. The van der Waals surface area contributed by atoms with E-state index in [-0.39, 0.29) is 5.75 Å². The predicted octanol–water partition coefficient (Wildman–Crippen LogP) is 1.59. The standard InChI is InChI=1S/C9H10N2O/c1-6-3-7-4-8(12)5-10-9(7)11(6)2/h3-5,12H,1-2H3. The van der Waals surface area contributed by atoms with E-state index in [1.165, 1.54) is 6.20 Å². The van der Waals surface area contributed by atoms with Crippen molar-refractivity contribution in [1.29, 1.82) is 0 Å². The molecule has 12 heavy (non-hydrogen) atoms. The Bertz CT molecular complexity index is 431. The minimum Gasteiger partial charge on any atom is -0.506 e. The molecule has 0 unspecified atom stereocenters. The number of nitrogens with zero attached hydrogens (tertiary/aromatic N) is 2. The van der Waals surface area contributed by atoms with Crippen molar-refractivity contribution < 1.29 is 5.11 Å². The van der Waals surface area contributed by atoms with E-state index in [2.05, 4.69) is 4.98 Å². The van der Waals surface area contributed by atoms with Crippen LogP contribution in [0, 0.1) is 6.92 Å². The highest BCUT2D eigenvalue weighted by Crippen LogP contribution is 2.19. The Morgan fingerprint density at radius 1 is 1.42 bits per heavy atom. The second-order valence-corrected chi connectivity index (χ2v) is 2.95. The molecule has 0 spiro atoms. The number of hydrogen-bond acceptors (Lipinski definition) is 2. The number of aromatic nitrogens is 2. The Morgan fingerprint density at radius 3 is 2.92 bits per heavy atom. The summed E-state index contributed by atoms with van der Waals surface area (Å²) < 4.78 is 1.99. The van der Waals surface area contributed by atoms with Crippen molar-refractivity contribution >= 4 is 11.0 Å². The van der Waals surface area contributed by atoms with Gasteiger partial charge in [0.25, 0.3) is 0 Å². The van der Waals surface area contributed by atoms with E-state index in [0.29, 0.717) is 0 Å². The van der Waals surface area contributed by atoms with E-state index in [0.717, 1.165) is 16.7 Å². The van der Waals surface area contributed by atoms with Crippen LogP contribution in [0.25, 0.3) is 11.0 Å². The van der Waals surface area contributed by atoms with Crippen LogP contribution < -0.4 is 0 Å². The zero-order chi connectivity index (χ0) is 8.72. The SMILES string of the molecule is Cc1cc2cc(O)cnc2n1C. The quantitative estimate of drug-likeness (QED) is 0.638. The molecule has 2 heterocycles. The number of aryl methyl sites for hydroxylation is 2. The Balaban J connectivity index is 2.87. The smallest absolute Gasteiger partial charge is 0.140 e. The van der Waals surface area contributed by atoms with Crippen molar-refractivity contribution in [1.82, 2.24) is 9.55 Å². The van der Waals surface area contributed by atoms with Gasteiger partial charge in [-0.1, -0.05) is 0 Å². The van der Waals surface area contributed by atoms with Crippen molar-refractivity contribution in [2.45, 2.75) is 6.92 Å². The lowest BCUT2D eigenvalue weighted by molar-refractivity contribution is 0.474. The first-order valence-electron chi connectivity index (χ1n) is 3.79. The van der Waals surface area contributed by atoms with E-state index in [1.807, 2.05) is 24.6 Å². The zero-order valence-electron chi connectivity index (χ0n) is 7.07. The van der Waals surface area contributed by atoms with Crippen LogP contribution in [0.1, 0.15) is 5.69 Å². The van der Waals surface area contributed by atoms with Gasteiger partial charge in [-0.2, -0.15) is 0 Å². The minimum atomic E-state index is 0.216. The Kier molecular flexibility index (Phi) is 1.33. The van der Waals surface area contributed by atoms with Gasteiger partial charge in [-0.25, -0.2) is 4.98 Å². The van der Waals surface area contributed by atoms with Gasteiger partial charge in [0, 0.05) is 18.1 Å². The molecule has 0 saturated heterocycles. The van der Waals surface area contributed by atoms with Gasteiger partial charge >= 0.3 is 0 Å². The van der Waals surface area contributed by atoms with Crippen LogP contribution >= 0.6 is 0 Å². The zero-order valence-corrected chi connectivity index (χ0v) is 7.07. The average Bonchev–Trinajstić information content (AvgIpc) is 2.28. The topological polar surface area (TPSA) is 38.1 Å². The van der Waals surface area contributed by atoms with Crippen LogP contribution in [0.2, 0.25) is 0 Å². The lowest BCUT2D eigenvalue weighted by Crippen LogP contribution is -1.90. The fraction of sp³-hybridized carbons (Fsp3) is 0.222.